The average Bonchev–Trinajstić information content (AvgIpc) is 2.54. The molecule has 0 unspecified atom stereocenters. The highest BCUT2D eigenvalue weighted by molar-refractivity contribution is 5.98. The second-order valence-electron chi connectivity index (χ2n) is 4.74. The van der Waals surface area contributed by atoms with Crippen LogP contribution in [0.4, 0.5) is 0 Å². The molecule has 0 fully saturated rings. The summed E-state index contributed by atoms with van der Waals surface area (Å²) in [6.07, 6.45) is 0. The Hall–Kier alpha value is -2.82. The summed E-state index contributed by atoms with van der Waals surface area (Å²) < 4.78 is 5.18. The molecule has 0 aromatic heterocycles. The Labute approximate surface area is 128 Å². The number of carbonyl (C=O) groups is 2. The molecular formula is C17H17NO4. The summed E-state index contributed by atoms with van der Waals surface area (Å²) in [5.41, 5.74) is 1.22. The number of carboxylic acid groups (broad SMARTS) is 1. The minimum Gasteiger partial charge on any atom is -0.496 e. The van der Waals surface area contributed by atoms with Crippen molar-refractivity contribution in [3.63, 3.8) is 0 Å². The molecule has 0 atom stereocenters. The van der Waals surface area contributed by atoms with Gasteiger partial charge in [-0.3, -0.25) is 9.59 Å². The van der Waals surface area contributed by atoms with Crippen LogP contribution in [0, 0.1) is 0 Å². The van der Waals surface area contributed by atoms with Crippen LogP contribution in [0.5, 0.6) is 5.75 Å². The first-order chi connectivity index (χ1) is 10.6. The normalized spacial score (nSPS) is 10.0. The van der Waals surface area contributed by atoms with Crippen molar-refractivity contribution >= 4 is 11.9 Å². The van der Waals surface area contributed by atoms with E-state index < -0.39 is 5.97 Å². The molecule has 0 saturated carbocycles. The molecule has 114 valence electrons. The quantitative estimate of drug-likeness (QED) is 0.889. The number of carbonyl (C=O) groups excluding carboxylic acids is 1. The lowest BCUT2D eigenvalue weighted by Gasteiger charge is -2.22. The van der Waals surface area contributed by atoms with E-state index in [1.54, 1.807) is 24.3 Å². The number of rotatable bonds is 6. The summed E-state index contributed by atoms with van der Waals surface area (Å²) in [6.45, 7) is -0.143. The van der Waals surface area contributed by atoms with E-state index in [1.165, 1.54) is 12.0 Å². The molecule has 0 aliphatic heterocycles. The van der Waals surface area contributed by atoms with Gasteiger partial charge in [0.15, 0.2) is 0 Å². The predicted octanol–water partition coefficient (Wildman–Crippen LogP) is 2.42. The largest absolute Gasteiger partial charge is 0.496 e. The molecule has 0 aliphatic rings. The Balaban J connectivity index is 2.28. The van der Waals surface area contributed by atoms with Crippen LogP contribution in [0.15, 0.2) is 54.6 Å². The number of benzene rings is 2. The Kier molecular flexibility index (Phi) is 5.14. The lowest BCUT2D eigenvalue weighted by molar-refractivity contribution is -0.137. The van der Waals surface area contributed by atoms with Crippen molar-refractivity contribution in [2.45, 2.75) is 6.54 Å². The molecule has 5 heteroatoms. The van der Waals surface area contributed by atoms with Crippen LogP contribution in [-0.2, 0) is 11.3 Å². The van der Waals surface area contributed by atoms with Gasteiger partial charge in [0.1, 0.15) is 12.3 Å². The van der Waals surface area contributed by atoms with Crippen LogP contribution in [0.2, 0.25) is 0 Å². The van der Waals surface area contributed by atoms with Crippen molar-refractivity contribution in [1.29, 1.82) is 0 Å². The maximum absolute atomic E-state index is 12.6. The molecule has 0 heterocycles. The molecule has 1 amide bonds. The second-order valence-corrected chi connectivity index (χ2v) is 4.74. The third-order valence-corrected chi connectivity index (χ3v) is 3.17. The number of carboxylic acids is 1. The number of amides is 1. The number of hydrogen-bond donors (Lipinski definition) is 1. The molecule has 0 saturated heterocycles. The average molecular weight is 299 g/mol. The first-order valence-corrected chi connectivity index (χ1v) is 6.80. The number of ether oxygens (including phenoxy) is 1. The molecule has 2 aromatic rings. The van der Waals surface area contributed by atoms with Crippen molar-refractivity contribution in [3.8, 4) is 5.75 Å². The lowest BCUT2D eigenvalue weighted by Crippen LogP contribution is -2.35. The third kappa shape index (κ3) is 3.85. The van der Waals surface area contributed by atoms with Crippen LogP contribution in [-0.4, -0.2) is 35.5 Å². The van der Waals surface area contributed by atoms with E-state index in [0.717, 1.165) is 5.56 Å². The van der Waals surface area contributed by atoms with E-state index in [9.17, 15) is 9.59 Å². The fraction of sp³-hybridized carbons (Fsp3) is 0.176. The molecule has 0 radical (unpaired) electrons. The van der Waals surface area contributed by atoms with Crippen LogP contribution in [0.25, 0.3) is 0 Å². The maximum atomic E-state index is 12.6. The Morgan fingerprint density at radius 2 is 1.68 bits per heavy atom. The van der Waals surface area contributed by atoms with Gasteiger partial charge in [0.05, 0.1) is 12.7 Å². The molecule has 0 aliphatic carbocycles. The van der Waals surface area contributed by atoms with Gasteiger partial charge in [-0.15, -0.1) is 0 Å². The molecule has 2 aromatic carbocycles. The molecule has 2 rings (SSSR count). The van der Waals surface area contributed by atoms with Crippen LogP contribution < -0.4 is 4.74 Å². The summed E-state index contributed by atoms with van der Waals surface area (Å²) in [5, 5.41) is 9.06. The first-order valence-electron chi connectivity index (χ1n) is 6.80. The molecular weight excluding hydrogens is 282 g/mol. The van der Waals surface area contributed by atoms with E-state index in [1.807, 2.05) is 30.3 Å². The van der Waals surface area contributed by atoms with Gasteiger partial charge >= 0.3 is 5.97 Å². The van der Waals surface area contributed by atoms with E-state index in [-0.39, 0.29) is 19.0 Å². The van der Waals surface area contributed by atoms with E-state index in [2.05, 4.69) is 0 Å². The Morgan fingerprint density at radius 3 is 2.32 bits per heavy atom. The van der Waals surface area contributed by atoms with Crippen molar-refractivity contribution in [2.24, 2.45) is 0 Å². The number of methoxy groups -OCH3 is 1. The highest BCUT2D eigenvalue weighted by Crippen LogP contribution is 2.20. The molecule has 5 nitrogen and oxygen atoms in total. The van der Waals surface area contributed by atoms with Crippen molar-refractivity contribution < 1.29 is 19.4 Å². The minimum absolute atomic E-state index is 0.226. The van der Waals surface area contributed by atoms with Gasteiger partial charge in [-0.2, -0.15) is 0 Å². The summed E-state index contributed by atoms with van der Waals surface area (Å²) in [5.74, 6) is -1.00. The standard InChI is InChI=1S/C17H17NO4/c1-22-15-10-6-5-9-14(15)17(21)18(12-16(19)20)11-13-7-3-2-4-8-13/h2-10H,11-12H2,1H3,(H,19,20). The van der Waals surface area contributed by atoms with Gasteiger partial charge in [0, 0.05) is 6.54 Å². The number of aliphatic carboxylic acids is 1. The van der Waals surface area contributed by atoms with Gasteiger partial charge in [-0.1, -0.05) is 42.5 Å². The Morgan fingerprint density at radius 1 is 1.05 bits per heavy atom. The smallest absolute Gasteiger partial charge is 0.323 e. The van der Waals surface area contributed by atoms with Crippen LogP contribution in [0.1, 0.15) is 15.9 Å². The summed E-state index contributed by atoms with van der Waals surface area (Å²) in [4.78, 5) is 25.0. The fourth-order valence-electron chi connectivity index (χ4n) is 2.16. The first kappa shape index (κ1) is 15.6. The number of nitrogens with zero attached hydrogens (tertiary/aromatic N) is 1. The SMILES string of the molecule is COc1ccccc1C(=O)N(CC(=O)O)Cc1ccccc1. The highest BCUT2D eigenvalue weighted by atomic mass is 16.5. The molecule has 22 heavy (non-hydrogen) atoms. The zero-order chi connectivity index (χ0) is 15.9. The van der Waals surface area contributed by atoms with Gasteiger partial charge in [0.2, 0.25) is 0 Å². The number of para-hydroxylation sites is 1. The van der Waals surface area contributed by atoms with Gasteiger partial charge in [0.25, 0.3) is 5.91 Å². The van der Waals surface area contributed by atoms with Gasteiger partial charge < -0.3 is 14.7 Å². The lowest BCUT2D eigenvalue weighted by atomic mass is 10.1. The van der Waals surface area contributed by atoms with Gasteiger partial charge in [-0.05, 0) is 17.7 Å². The van der Waals surface area contributed by atoms with Crippen LogP contribution >= 0.6 is 0 Å². The zero-order valence-electron chi connectivity index (χ0n) is 12.2. The summed E-state index contributed by atoms with van der Waals surface area (Å²) >= 11 is 0. The fourth-order valence-corrected chi connectivity index (χ4v) is 2.16. The maximum Gasteiger partial charge on any atom is 0.323 e. The molecule has 0 spiro atoms. The molecule has 0 bridgehead atoms. The summed E-state index contributed by atoms with van der Waals surface area (Å²) in [7, 11) is 1.48. The highest BCUT2D eigenvalue weighted by Gasteiger charge is 2.21. The summed E-state index contributed by atoms with van der Waals surface area (Å²) in [6, 6.07) is 16.0. The van der Waals surface area contributed by atoms with Crippen LogP contribution in [0.3, 0.4) is 0 Å². The topological polar surface area (TPSA) is 66.8 Å². The van der Waals surface area contributed by atoms with Crippen molar-refractivity contribution in [3.05, 3.63) is 65.7 Å². The third-order valence-electron chi connectivity index (χ3n) is 3.17. The van der Waals surface area contributed by atoms with Crippen molar-refractivity contribution in [1.82, 2.24) is 4.90 Å². The van der Waals surface area contributed by atoms with E-state index >= 15 is 0 Å². The zero-order valence-corrected chi connectivity index (χ0v) is 12.2. The minimum atomic E-state index is -1.06. The molecule has 1 N–H and O–H groups in total. The van der Waals surface area contributed by atoms with Crippen molar-refractivity contribution in [2.75, 3.05) is 13.7 Å². The Bertz CT molecular complexity index is 655. The predicted molar refractivity (Wildman–Crippen MR) is 81.8 cm³/mol. The monoisotopic (exact) mass is 299 g/mol. The second kappa shape index (κ2) is 7.26. The van der Waals surface area contributed by atoms with Gasteiger partial charge in [-0.25, -0.2) is 0 Å². The number of hydrogen-bond acceptors (Lipinski definition) is 3. The van der Waals surface area contributed by atoms with E-state index in [4.69, 9.17) is 9.84 Å². The van der Waals surface area contributed by atoms with E-state index in [0.29, 0.717) is 11.3 Å².